The topological polar surface area (TPSA) is 110 Å². The number of carbonyl (C=O) groups excluding carboxylic acids is 3. The molecule has 0 N–H and O–H groups in total. The summed E-state index contributed by atoms with van der Waals surface area (Å²) in [5.41, 5.74) is 0.220. The van der Waals surface area contributed by atoms with Gasteiger partial charge in [0.2, 0.25) is 0 Å². The molecule has 1 aliphatic rings. The first-order valence-corrected chi connectivity index (χ1v) is 8.68. The fraction of sp³-hybridized carbons (Fsp3) is 0. The smallest absolute Gasteiger partial charge is 0.270 e. The van der Waals surface area contributed by atoms with E-state index in [4.69, 9.17) is 11.6 Å². The van der Waals surface area contributed by atoms with E-state index in [2.05, 4.69) is 4.98 Å². The Kier molecular flexibility index (Phi) is 4.40. The summed E-state index contributed by atoms with van der Waals surface area (Å²) < 4.78 is 0. The van der Waals surface area contributed by atoms with Crippen molar-refractivity contribution in [1.82, 2.24) is 4.98 Å². The summed E-state index contributed by atoms with van der Waals surface area (Å²) in [4.78, 5) is 53.4. The molecule has 0 spiro atoms. The van der Waals surface area contributed by atoms with E-state index in [1.807, 2.05) is 0 Å². The summed E-state index contributed by atoms with van der Waals surface area (Å²) in [7, 11) is 0. The highest BCUT2D eigenvalue weighted by molar-refractivity contribution is 6.35. The highest BCUT2D eigenvalue weighted by Gasteiger charge is 2.38. The molecule has 9 heteroatoms. The molecule has 3 aromatic rings. The van der Waals surface area contributed by atoms with Gasteiger partial charge in [0.25, 0.3) is 17.5 Å². The van der Waals surface area contributed by atoms with Gasteiger partial charge in [-0.25, -0.2) is 9.88 Å². The minimum atomic E-state index is -0.617. The first-order valence-electron chi connectivity index (χ1n) is 8.30. The third-order valence-corrected chi connectivity index (χ3v) is 4.63. The minimum absolute atomic E-state index is 0.0584. The van der Waals surface area contributed by atoms with E-state index in [0.717, 1.165) is 11.0 Å². The summed E-state index contributed by atoms with van der Waals surface area (Å²) in [6, 6.07) is 12.3. The van der Waals surface area contributed by atoms with Crippen molar-refractivity contribution in [2.45, 2.75) is 0 Å². The molecule has 0 saturated carbocycles. The van der Waals surface area contributed by atoms with Crippen molar-refractivity contribution < 1.29 is 19.3 Å². The van der Waals surface area contributed by atoms with Crippen LogP contribution in [0.4, 0.5) is 11.5 Å². The van der Waals surface area contributed by atoms with Crippen molar-refractivity contribution in [3.05, 3.63) is 98.2 Å². The highest BCUT2D eigenvalue weighted by Crippen LogP contribution is 2.29. The SMILES string of the molecule is O=C(c1cccc([N+](=O)[O-])c1)c1ccc2c(c1)C(=O)N(c1ccc(Cl)cn1)C2=O. The lowest BCUT2D eigenvalue weighted by Gasteiger charge is -2.12. The number of rotatable bonds is 4. The standard InChI is InChI=1S/C20H10ClN3O5/c21-13-5-7-17(22-10-13)23-19(26)15-6-4-12(9-16(15)20(23)27)18(25)11-2-1-3-14(8-11)24(28)29/h1-10H. The van der Waals surface area contributed by atoms with Crippen molar-refractivity contribution in [3.63, 3.8) is 0 Å². The van der Waals surface area contributed by atoms with E-state index in [9.17, 15) is 24.5 Å². The molecule has 1 aliphatic heterocycles. The van der Waals surface area contributed by atoms with Crippen LogP contribution in [-0.2, 0) is 0 Å². The Bertz CT molecular complexity index is 1210. The molecule has 142 valence electrons. The lowest BCUT2D eigenvalue weighted by Crippen LogP contribution is -2.30. The predicted octanol–water partition coefficient (Wildman–Crippen LogP) is 3.67. The van der Waals surface area contributed by atoms with Crippen LogP contribution in [0.2, 0.25) is 5.02 Å². The summed E-state index contributed by atoms with van der Waals surface area (Å²) in [6.07, 6.45) is 1.32. The van der Waals surface area contributed by atoms with Gasteiger partial charge in [0.1, 0.15) is 5.82 Å². The van der Waals surface area contributed by atoms with E-state index in [1.54, 1.807) is 0 Å². The third kappa shape index (κ3) is 3.15. The fourth-order valence-corrected chi connectivity index (χ4v) is 3.13. The Morgan fingerprint density at radius 2 is 1.69 bits per heavy atom. The molecule has 2 amide bonds. The molecule has 0 radical (unpaired) electrons. The summed E-state index contributed by atoms with van der Waals surface area (Å²) in [5.74, 6) is -1.56. The molecule has 2 aromatic carbocycles. The fourth-order valence-electron chi connectivity index (χ4n) is 3.02. The molecule has 0 saturated heterocycles. The van der Waals surface area contributed by atoms with Gasteiger partial charge in [-0.15, -0.1) is 0 Å². The van der Waals surface area contributed by atoms with Crippen molar-refractivity contribution >= 4 is 40.7 Å². The number of benzene rings is 2. The van der Waals surface area contributed by atoms with Crippen LogP contribution in [0.3, 0.4) is 0 Å². The molecule has 0 bridgehead atoms. The molecule has 0 unspecified atom stereocenters. The molecule has 0 fully saturated rings. The number of imide groups is 1. The lowest BCUT2D eigenvalue weighted by molar-refractivity contribution is -0.384. The quantitative estimate of drug-likeness (QED) is 0.282. The average molecular weight is 408 g/mol. The predicted molar refractivity (Wildman–Crippen MR) is 103 cm³/mol. The van der Waals surface area contributed by atoms with Crippen LogP contribution in [0.1, 0.15) is 36.6 Å². The molecular weight excluding hydrogens is 398 g/mol. The molecule has 0 aliphatic carbocycles. The van der Waals surface area contributed by atoms with Crippen LogP contribution in [0, 0.1) is 10.1 Å². The number of fused-ring (bicyclic) bond motifs is 1. The Morgan fingerprint density at radius 1 is 0.966 bits per heavy atom. The van der Waals surface area contributed by atoms with Gasteiger partial charge >= 0.3 is 0 Å². The third-order valence-electron chi connectivity index (χ3n) is 4.41. The van der Waals surface area contributed by atoms with Crippen LogP contribution in [-0.4, -0.2) is 27.5 Å². The number of non-ortho nitro benzene ring substituents is 1. The Labute approximate surface area is 168 Å². The molecule has 0 atom stereocenters. The number of halogens is 1. The van der Waals surface area contributed by atoms with Crippen LogP contribution in [0.5, 0.6) is 0 Å². The summed E-state index contributed by atoms with van der Waals surface area (Å²) >= 11 is 5.79. The number of amides is 2. The zero-order valence-corrected chi connectivity index (χ0v) is 15.3. The number of hydrogen-bond donors (Lipinski definition) is 0. The maximum atomic E-state index is 12.8. The van der Waals surface area contributed by atoms with Gasteiger partial charge in [-0.05, 0) is 24.3 Å². The average Bonchev–Trinajstić information content (AvgIpc) is 2.98. The second-order valence-electron chi connectivity index (χ2n) is 6.18. The number of aromatic nitrogens is 1. The second-order valence-corrected chi connectivity index (χ2v) is 6.61. The maximum absolute atomic E-state index is 12.8. The van der Waals surface area contributed by atoms with E-state index in [-0.39, 0.29) is 33.8 Å². The number of hydrogen-bond acceptors (Lipinski definition) is 6. The zero-order valence-electron chi connectivity index (χ0n) is 14.5. The molecule has 8 nitrogen and oxygen atoms in total. The van der Waals surface area contributed by atoms with Gasteiger partial charge in [-0.1, -0.05) is 29.8 Å². The van der Waals surface area contributed by atoms with Crippen molar-refractivity contribution in [3.8, 4) is 0 Å². The van der Waals surface area contributed by atoms with Crippen molar-refractivity contribution in [1.29, 1.82) is 0 Å². The van der Waals surface area contributed by atoms with Crippen LogP contribution < -0.4 is 4.90 Å². The van der Waals surface area contributed by atoms with Gasteiger partial charge in [0.05, 0.1) is 21.1 Å². The van der Waals surface area contributed by atoms with E-state index in [0.29, 0.717) is 5.02 Å². The highest BCUT2D eigenvalue weighted by atomic mass is 35.5. The van der Waals surface area contributed by atoms with Crippen LogP contribution in [0.25, 0.3) is 0 Å². The molecule has 29 heavy (non-hydrogen) atoms. The van der Waals surface area contributed by atoms with Crippen LogP contribution >= 0.6 is 11.6 Å². The number of pyridine rings is 1. The van der Waals surface area contributed by atoms with E-state index >= 15 is 0 Å². The monoisotopic (exact) mass is 407 g/mol. The maximum Gasteiger partial charge on any atom is 0.270 e. The number of carbonyl (C=O) groups is 3. The number of nitro groups is 1. The minimum Gasteiger partial charge on any atom is -0.289 e. The van der Waals surface area contributed by atoms with Gasteiger partial charge in [0.15, 0.2) is 5.78 Å². The van der Waals surface area contributed by atoms with Crippen molar-refractivity contribution in [2.24, 2.45) is 0 Å². The summed E-state index contributed by atoms with van der Waals surface area (Å²) in [5, 5.41) is 11.3. The van der Waals surface area contributed by atoms with Gasteiger partial charge in [-0.3, -0.25) is 24.5 Å². The lowest BCUT2D eigenvalue weighted by atomic mass is 9.99. The van der Waals surface area contributed by atoms with Crippen LogP contribution in [0.15, 0.2) is 60.8 Å². The first-order chi connectivity index (χ1) is 13.9. The molecular formula is C20H10ClN3O5. The Balaban J connectivity index is 1.70. The molecule has 2 heterocycles. The van der Waals surface area contributed by atoms with E-state index < -0.39 is 22.5 Å². The van der Waals surface area contributed by atoms with Crippen molar-refractivity contribution in [2.75, 3.05) is 4.90 Å². The largest absolute Gasteiger partial charge is 0.289 e. The number of nitrogens with zero attached hydrogens (tertiary/aromatic N) is 3. The van der Waals surface area contributed by atoms with Gasteiger partial charge in [0, 0.05) is 29.5 Å². The van der Waals surface area contributed by atoms with E-state index in [1.165, 1.54) is 54.7 Å². The number of nitro benzene ring substituents is 1. The number of anilines is 1. The Morgan fingerprint density at radius 3 is 2.38 bits per heavy atom. The normalized spacial score (nSPS) is 12.8. The molecule has 4 rings (SSSR count). The first kappa shape index (κ1) is 18.5. The Hall–Kier alpha value is -3.91. The summed E-state index contributed by atoms with van der Waals surface area (Å²) in [6.45, 7) is 0. The second kappa shape index (κ2) is 6.92. The van der Waals surface area contributed by atoms with Gasteiger partial charge < -0.3 is 0 Å². The van der Waals surface area contributed by atoms with Gasteiger partial charge in [-0.2, -0.15) is 0 Å². The zero-order chi connectivity index (χ0) is 20.7. The molecule has 1 aromatic heterocycles. The number of ketones is 1.